The van der Waals surface area contributed by atoms with E-state index in [2.05, 4.69) is 5.32 Å². The lowest BCUT2D eigenvalue weighted by Gasteiger charge is -2.31. The molecule has 1 heterocycles. The first-order valence-corrected chi connectivity index (χ1v) is 11.0. The number of para-hydroxylation sites is 2. The van der Waals surface area contributed by atoms with Crippen molar-refractivity contribution in [2.24, 2.45) is 5.92 Å². The Morgan fingerprint density at radius 3 is 2.26 bits per heavy atom. The van der Waals surface area contributed by atoms with E-state index in [1.165, 1.54) is 35.2 Å². The molecule has 182 valence electrons. The van der Waals surface area contributed by atoms with Crippen molar-refractivity contribution in [3.05, 3.63) is 89.7 Å². The first-order valence-electron chi connectivity index (χ1n) is 11.0. The van der Waals surface area contributed by atoms with Crippen LogP contribution in [0, 0.1) is 11.7 Å². The van der Waals surface area contributed by atoms with Gasteiger partial charge in [0.2, 0.25) is 5.91 Å². The molecule has 35 heavy (non-hydrogen) atoms. The van der Waals surface area contributed by atoms with E-state index in [4.69, 9.17) is 4.74 Å². The second kappa shape index (κ2) is 10.2. The lowest BCUT2D eigenvalue weighted by Crippen LogP contribution is -2.41. The maximum atomic E-state index is 13.5. The summed E-state index contributed by atoms with van der Waals surface area (Å²) in [5, 5.41) is 2.84. The largest absolute Gasteiger partial charge is 0.455 e. The van der Waals surface area contributed by atoms with E-state index in [9.17, 15) is 27.2 Å². The zero-order chi connectivity index (χ0) is 25.0. The summed E-state index contributed by atoms with van der Waals surface area (Å²) in [6, 6.07) is 16.6. The Balaban J connectivity index is 1.35. The van der Waals surface area contributed by atoms with Crippen LogP contribution in [0.5, 0.6) is 11.5 Å². The Labute approximate surface area is 199 Å². The van der Waals surface area contributed by atoms with E-state index in [1.54, 1.807) is 30.3 Å². The number of alkyl halides is 3. The molecular formula is C26H22F4N2O3. The molecule has 1 aliphatic rings. The average Bonchev–Trinajstić information content (AvgIpc) is 2.84. The van der Waals surface area contributed by atoms with Crippen molar-refractivity contribution < 1.29 is 31.9 Å². The van der Waals surface area contributed by atoms with Crippen LogP contribution < -0.4 is 10.1 Å². The van der Waals surface area contributed by atoms with Gasteiger partial charge < -0.3 is 15.0 Å². The average molecular weight is 486 g/mol. The highest BCUT2D eigenvalue weighted by Crippen LogP contribution is 2.32. The van der Waals surface area contributed by atoms with Crippen LogP contribution in [0.1, 0.15) is 28.8 Å². The van der Waals surface area contributed by atoms with Gasteiger partial charge in [-0.3, -0.25) is 9.59 Å². The van der Waals surface area contributed by atoms with Gasteiger partial charge >= 0.3 is 6.18 Å². The van der Waals surface area contributed by atoms with Crippen LogP contribution >= 0.6 is 0 Å². The molecule has 0 aromatic heterocycles. The number of hydrogen-bond acceptors (Lipinski definition) is 3. The molecule has 0 radical (unpaired) electrons. The number of carbonyl (C=O) groups excluding carboxylic acids is 2. The SMILES string of the molecule is O=C(Nc1ccccc1Oc1cccc(F)c1)C1CCN(C(=O)c2ccc(C(F)(F)F)cc2)CC1. The Morgan fingerprint density at radius 2 is 1.60 bits per heavy atom. The minimum atomic E-state index is -4.46. The smallest absolute Gasteiger partial charge is 0.416 e. The molecule has 3 aromatic rings. The maximum absolute atomic E-state index is 13.5. The minimum absolute atomic E-state index is 0.171. The third-order valence-electron chi connectivity index (χ3n) is 5.78. The molecule has 1 aliphatic heterocycles. The van der Waals surface area contributed by atoms with E-state index in [-0.39, 0.29) is 23.3 Å². The summed E-state index contributed by atoms with van der Waals surface area (Å²) in [4.78, 5) is 27.1. The third-order valence-corrected chi connectivity index (χ3v) is 5.78. The minimum Gasteiger partial charge on any atom is -0.455 e. The fourth-order valence-electron chi connectivity index (χ4n) is 3.88. The van der Waals surface area contributed by atoms with Gasteiger partial charge in [-0.05, 0) is 61.4 Å². The molecular weight excluding hydrogens is 464 g/mol. The molecule has 1 fully saturated rings. The van der Waals surface area contributed by atoms with E-state index < -0.39 is 17.6 Å². The van der Waals surface area contributed by atoms with Crippen LogP contribution in [-0.2, 0) is 11.0 Å². The van der Waals surface area contributed by atoms with Crippen LogP contribution in [0.15, 0.2) is 72.8 Å². The Bertz CT molecular complexity index is 1200. The van der Waals surface area contributed by atoms with Crippen molar-refractivity contribution in [2.75, 3.05) is 18.4 Å². The fraction of sp³-hybridized carbons (Fsp3) is 0.231. The Hall–Kier alpha value is -3.88. The molecule has 0 bridgehead atoms. The van der Waals surface area contributed by atoms with Crippen molar-refractivity contribution >= 4 is 17.5 Å². The lowest BCUT2D eigenvalue weighted by molar-refractivity contribution is -0.137. The maximum Gasteiger partial charge on any atom is 0.416 e. The van der Waals surface area contributed by atoms with Gasteiger partial charge in [-0.25, -0.2) is 4.39 Å². The second-order valence-corrected chi connectivity index (χ2v) is 8.19. The number of anilines is 1. The van der Waals surface area contributed by atoms with Gasteiger partial charge in [0.15, 0.2) is 5.75 Å². The molecule has 3 aromatic carbocycles. The number of nitrogens with one attached hydrogen (secondary N) is 1. The highest BCUT2D eigenvalue weighted by Gasteiger charge is 2.31. The number of benzene rings is 3. The normalized spacial score (nSPS) is 14.5. The molecule has 1 saturated heterocycles. The predicted molar refractivity (Wildman–Crippen MR) is 122 cm³/mol. The van der Waals surface area contributed by atoms with Crippen LogP contribution in [-0.4, -0.2) is 29.8 Å². The number of piperidine rings is 1. The standard InChI is InChI=1S/C26H22F4N2O3/c27-20-4-3-5-21(16-20)35-23-7-2-1-6-22(23)31-24(33)17-12-14-32(15-13-17)25(34)18-8-10-19(11-9-18)26(28,29)30/h1-11,16-17H,12-15H2,(H,31,33). The molecule has 5 nitrogen and oxygen atoms in total. The van der Waals surface area contributed by atoms with E-state index in [1.807, 2.05) is 0 Å². The highest BCUT2D eigenvalue weighted by molar-refractivity contribution is 5.96. The number of amides is 2. The highest BCUT2D eigenvalue weighted by atomic mass is 19.4. The summed E-state index contributed by atoms with van der Waals surface area (Å²) in [6.45, 7) is 0.610. The van der Waals surface area contributed by atoms with Crippen molar-refractivity contribution in [3.8, 4) is 11.5 Å². The van der Waals surface area contributed by atoms with Crippen molar-refractivity contribution in [1.29, 1.82) is 0 Å². The molecule has 0 saturated carbocycles. The summed E-state index contributed by atoms with van der Waals surface area (Å²) in [7, 11) is 0. The van der Waals surface area contributed by atoms with E-state index in [0.717, 1.165) is 12.1 Å². The third kappa shape index (κ3) is 5.98. The Morgan fingerprint density at radius 1 is 0.914 bits per heavy atom. The van der Waals surface area contributed by atoms with Crippen LogP contribution in [0.4, 0.5) is 23.2 Å². The summed E-state index contributed by atoms with van der Waals surface area (Å²) >= 11 is 0. The number of nitrogens with zero attached hydrogens (tertiary/aromatic N) is 1. The predicted octanol–water partition coefficient (Wildman–Crippen LogP) is 6.13. The lowest BCUT2D eigenvalue weighted by atomic mass is 9.95. The molecule has 4 rings (SSSR count). The zero-order valence-electron chi connectivity index (χ0n) is 18.5. The Kier molecular flexibility index (Phi) is 7.04. The number of hydrogen-bond donors (Lipinski definition) is 1. The first-order chi connectivity index (χ1) is 16.7. The topological polar surface area (TPSA) is 58.6 Å². The second-order valence-electron chi connectivity index (χ2n) is 8.19. The van der Waals surface area contributed by atoms with Crippen LogP contribution in [0.25, 0.3) is 0 Å². The van der Waals surface area contributed by atoms with Crippen LogP contribution in [0.3, 0.4) is 0 Å². The summed E-state index contributed by atoms with van der Waals surface area (Å²) in [5.74, 6) is -0.744. The molecule has 1 N–H and O–H groups in total. The van der Waals surface area contributed by atoms with Gasteiger partial charge in [0.05, 0.1) is 11.3 Å². The monoisotopic (exact) mass is 486 g/mol. The van der Waals surface area contributed by atoms with Gasteiger partial charge in [0.1, 0.15) is 11.6 Å². The number of ether oxygens (including phenoxy) is 1. The molecule has 0 spiro atoms. The number of halogens is 4. The van der Waals surface area contributed by atoms with Crippen molar-refractivity contribution in [2.45, 2.75) is 19.0 Å². The molecule has 2 amide bonds. The summed E-state index contributed by atoms with van der Waals surface area (Å²) in [5.41, 5.74) is -0.208. The number of carbonyl (C=O) groups is 2. The fourth-order valence-corrected chi connectivity index (χ4v) is 3.88. The van der Waals surface area contributed by atoms with Gasteiger partial charge in [-0.1, -0.05) is 18.2 Å². The van der Waals surface area contributed by atoms with Crippen molar-refractivity contribution in [3.63, 3.8) is 0 Å². The quantitative estimate of drug-likeness (QED) is 0.442. The van der Waals surface area contributed by atoms with Gasteiger partial charge in [-0.2, -0.15) is 13.2 Å². The molecule has 0 aliphatic carbocycles. The van der Waals surface area contributed by atoms with E-state index in [0.29, 0.717) is 43.1 Å². The molecule has 9 heteroatoms. The molecule has 0 unspecified atom stereocenters. The zero-order valence-corrected chi connectivity index (χ0v) is 18.5. The number of rotatable bonds is 5. The van der Waals surface area contributed by atoms with Gasteiger partial charge in [0.25, 0.3) is 5.91 Å². The van der Waals surface area contributed by atoms with E-state index >= 15 is 0 Å². The van der Waals surface area contributed by atoms with Gasteiger partial charge in [-0.15, -0.1) is 0 Å². The number of likely N-dealkylation sites (tertiary alicyclic amines) is 1. The molecule has 0 atom stereocenters. The summed E-state index contributed by atoms with van der Waals surface area (Å²) < 4.78 is 57.4. The first kappa shape index (κ1) is 24.3. The van der Waals surface area contributed by atoms with Gasteiger partial charge in [0, 0.05) is 30.6 Å². The van der Waals surface area contributed by atoms with Crippen LogP contribution in [0.2, 0.25) is 0 Å². The summed E-state index contributed by atoms with van der Waals surface area (Å²) in [6.07, 6.45) is -3.65. The van der Waals surface area contributed by atoms with Crippen molar-refractivity contribution in [1.82, 2.24) is 4.90 Å².